The zero-order valence-corrected chi connectivity index (χ0v) is 18.6. The molecule has 2 aromatic rings. The zero-order valence-electron chi connectivity index (χ0n) is 14.8. The van der Waals surface area contributed by atoms with Gasteiger partial charge < -0.3 is 0 Å². The maximum Gasteiger partial charge on any atom is 0.107 e. The van der Waals surface area contributed by atoms with Crippen LogP contribution in [0.25, 0.3) is 5.57 Å². The fourth-order valence-corrected chi connectivity index (χ4v) is 3.63. The molecule has 0 saturated heterocycles. The zero-order chi connectivity index (χ0) is 19.8. The topological polar surface area (TPSA) is 60.6 Å². The van der Waals surface area contributed by atoms with Gasteiger partial charge in [-0.25, -0.2) is 0 Å². The lowest BCUT2D eigenvalue weighted by atomic mass is 9.89. The summed E-state index contributed by atoms with van der Waals surface area (Å²) in [6, 6.07) is 13.3. The minimum Gasteiger partial charge on any atom is -0.300 e. The molecule has 2 N–H and O–H groups in total. The molecule has 0 aliphatic heterocycles. The third-order valence-electron chi connectivity index (χ3n) is 3.80. The van der Waals surface area contributed by atoms with E-state index in [2.05, 4.69) is 50.1 Å². The van der Waals surface area contributed by atoms with Crippen molar-refractivity contribution in [3.05, 3.63) is 106 Å². The summed E-state index contributed by atoms with van der Waals surface area (Å²) in [5.41, 5.74) is 3.82. The summed E-state index contributed by atoms with van der Waals surface area (Å²) in [5, 5.41) is 17.3. The van der Waals surface area contributed by atoms with E-state index in [4.69, 9.17) is 10.8 Å². The van der Waals surface area contributed by atoms with Gasteiger partial charge in [0.2, 0.25) is 0 Å². The summed E-state index contributed by atoms with van der Waals surface area (Å²) in [4.78, 5) is 4.42. The van der Waals surface area contributed by atoms with Crippen LogP contribution < -0.4 is 0 Å². The number of halogens is 2. The first kappa shape index (κ1) is 21.2. The van der Waals surface area contributed by atoms with E-state index in [9.17, 15) is 0 Å². The van der Waals surface area contributed by atoms with Crippen molar-refractivity contribution in [2.75, 3.05) is 0 Å². The standard InChI is InChI=1S/C22H19BrIN3/c1-3-5-10-15(4-2)19(21(25)16-11-6-7-12-17(16)24)20(22(23)26)18-13-8-9-14-27-18/h3-14,25-26H,1H2,2H3/b10-5-,15-4+,20-19-,25-21?,26-22?. The van der Waals surface area contributed by atoms with Gasteiger partial charge >= 0.3 is 0 Å². The van der Waals surface area contributed by atoms with Crippen LogP contribution in [0.2, 0.25) is 0 Å². The second-order valence-corrected chi connectivity index (χ2v) is 7.43. The van der Waals surface area contributed by atoms with Crippen molar-refractivity contribution in [1.82, 2.24) is 4.98 Å². The molecule has 0 fully saturated rings. The number of hydrogen-bond donors (Lipinski definition) is 2. The van der Waals surface area contributed by atoms with Crippen LogP contribution in [0.4, 0.5) is 0 Å². The predicted octanol–water partition coefficient (Wildman–Crippen LogP) is 6.57. The van der Waals surface area contributed by atoms with E-state index in [0.717, 1.165) is 14.7 Å². The molecule has 1 aromatic carbocycles. The van der Waals surface area contributed by atoms with Gasteiger partial charge in [0.25, 0.3) is 0 Å². The Hall–Kier alpha value is -2.12. The van der Waals surface area contributed by atoms with Gasteiger partial charge in [-0.2, -0.15) is 0 Å². The Balaban J connectivity index is 2.85. The summed E-state index contributed by atoms with van der Waals surface area (Å²) in [6.45, 7) is 5.65. The van der Waals surface area contributed by atoms with Crippen LogP contribution in [0.3, 0.4) is 0 Å². The maximum atomic E-state index is 8.96. The van der Waals surface area contributed by atoms with E-state index in [1.165, 1.54) is 0 Å². The van der Waals surface area contributed by atoms with Crippen LogP contribution in [0.15, 0.2) is 90.7 Å². The monoisotopic (exact) mass is 531 g/mol. The highest BCUT2D eigenvalue weighted by atomic mass is 127. The van der Waals surface area contributed by atoms with Crippen LogP contribution in [0, 0.1) is 14.4 Å². The summed E-state index contributed by atoms with van der Waals surface area (Å²) in [6.07, 6.45) is 9.03. The first-order chi connectivity index (χ1) is 13.0. The molecule has 27 heavy (non-hydrogen) atoms. The number of rotatable bonds is 7. The van der Waals surface area contributed by atoms with Crippen molar-refractivity contribution in [2.45, 2.75) is 6.92 Å². The van der Waals surface area contributed by atoms with Crippen molar-refractivity contribution in [1.29, 1.82) is 10.8 Å². The number of benzene rings is 1. The summed E-state index contributed by atoms with van der Waals surface area (Å²) < 4.78 is 1.15. The van der Waals surface area contributed by atoms with Crippen molar-refractivity contribution in [3.8, 4) is 0 Å². The van der Waals surface area contributed by atoms with Gasteiger partial charge in [-0.05, 0) is 69.2 Å². The molecule has 5 heteroatoms. The Bertz CT molecular complexity index is 957. The highest BCUT2D eigenvalue weighted by Gasteiger charge is 2.22. The molecule has 1 aromatic heterocycles. The minimum absolute atomic E-state index is 0.179. The van der Waals surface area contributed by atoms with E-state index < -0.39 is 0 Å². The molecule has 0 saturated carbocycles. The first-order valence-corrected chi connectivity index (χ1v) is 10.1. The number of pyridine rings is 1. The lowest BCUT2D eigenvalue weighted by Gasteiger charge is -2.17. The van der Waals surface area contributed by atoms with E-state index in [-0.39, 0.29) is 4.62 Å². The lowest BCUT2D eigenvalue weighted by molar-refractivity contribution is 1.28. The number of aromatic nitrogens is 1. The molecule has 0 atom stereocenters. The van der Waals surface area contributed by atoms with Crippen LogP contribution in [-0.4, -0.2) is 15.3 Å². The van der Waals surface area contributed by atoms with Crippen molar-refractivity contribution in [3.63, 3.8) is 0 Å². The smallest absolute Gasteiger partial charge is 0.107 e. The van der Waals surface area contributed by atoms with E-state index in [1.807, 2.05) is 67.6 Å². The predicted molar refractivity (Wildman–Crippen MR) is 127 cm³/mol. The van der Waals surface area contributed by atoms with E-state index >= 15 is 0 Å². The fraction of sp³-hybridized carbons (Fsp3) is 0.0455. The molecule has 0 unspecified atom stereocenters. The summed E-state index contributed by atoms with van der Waals surface area (Å²) in [5.74, 6) is 0. The molecule has 2 rings (SSSR count). The lowest BCUT2D eigenvalue weighted by Crippen LogP contribution is -2.13. The third-order valence-corrected chi connectivity index (χ3v) is 5.13. The Labute approximate surface area is 181 Å². The average molecular weight is 532 g/mol. The van der Waals surface area contributed by atoms with Gasteiger partial charge in [0, 0.05) is 26.5 Å². The molecule has 0 radical (unpaired) electrons. The summed E-state index contributed by atoms with van der Waals surface area (Å²) >= 11 is 5.55. The number of allylic oxidation sites excluding steroid dienone is 7. The Morgan fingerprint density at radius 3 is 2.41 bits per heavy atom. The third kappa shape index (κ3) is 5.20. The second kappa shape index (κ2) is 10.3. The molecule has 0 bridgehead atoms. The van der Waals surface area contributed by atoms with Crippen LogP contribution in [0.1, 0.15) is 18.2 Å². The largest absolute Gasteiger partial charge is 0.300 e. The van der Waals surface area contributed by atoms with Gasteiger partial charge in [-0.15, -0.1) is 0 Å². The normalized spacial score (nSPS) is 12.6. The maximum absolute atomic E-state index is 8.96. The van der Waals surface area contributed by atoms with E-state index in [0.29, 0.717) is 22.6 Å². The molecule has 0 aliphatic rings. The van der Waals surface area contributed by atoms with Crippen molar-refractivity contribution < 1.29 is 0 Å². The first-order valence-electron chi connectivity index (χ1n) is 8.21. The Morgan fingerprint density at radius 2 is 1.85 bits per heavy atom. The van der Waals surface area contributed by atoms with Gasteiger partial charge in [0.15, 0.2) is 0 Å². The van der Waals surface area contributed by atoms with Gasteiger partial charge in [-0.1, -0.05) is 55.1 Å². The molecule has 1 heterocycles. The van der Waals surface area contributed by atoms with Crippen LogP contribution in [-0.2, 0) is 0 Å². The number of hydrogen-bond acceptors (Lipinski definition) is 3. The van der Waals surface area contributed by atoms with Crippen LogP contribution in [0.5, 0.6) is 0 Å². The number of nitrogens with zero attached hydrogens (tertiary/aromatic N) is 1. The highest BCUT2D eigenvalue weighted by molar-refractivity contribution is 14.1. The molecule has 0 aliphatic carbocycles. The minimum atomic E-state index is 0.179. The second-order valence-electron chi connectivity index (χ2n) is 5.47. The molecule has 0 amide bonds. The number of nitrogens with one attached hydrogen (secondary N) is 2. The highest BCUT2D eigenvalue weighted by Crippen LogP contribution is 2.30. The molecule has 0 spiro atoms. The van der Waals surface area contributed by atoms with Crippen LogP contribution >= 0.6 is 38.5 Å². The quantitative estimate of drug-likeness (QED) is 0.237. The van der Waals surface area contributed by atoms with Gasteiger partial charge in [-0.3, -0.25) is 15.8 Å². The molecular weight excluding hydrogens is 513 g/mol. The molecule has 136 valence electrons. The van der Waals surface area contributed by atoms with Gasteiger partial charge in [0.1, 0.15) is 4.62 Å². The Kier molecular flexibility index (Phi) is 8.06. The Morgan fingerprint density at radius 1 is 1.15 bits per heavy atom. The van der Waals surface area contributed by atoms with Gasteiger partial charge in [0.05, 0.1) is 11.4 Å². The molecule has 3 nitrogen and oxygen atoms in total. The van der Waals surface area contributed by atoms with E-state index in [1.54, 1.807) is 12.3 Å². The summed E-state index contributed by atoms with van der Waals surface area (Å²) in [7, 11) is 0. The van der Waals surface area contributed by atoms with Crippen molar-refractivity contribution >= 4 is 54.4 Å². The average Bonchev–Trinajstić information content (AvgIpc) is 2.68. The molecular formula is C22H19BrIN3. The van der Waals surface area contributed by atoms with Crippen molar-refractivity contribution in [2.24, 2.45) is 0 Å². The fourth-order valence-electron chi connectivity index (χ4n) is 2.57. The SMILES string of the molecule is C=C\C=C/C(=C\C)C(/C(=N)c1ccccc1I)=C(/C(=N)Br)c1ccccn1.